The Morgan fingerprint density at radius 1 is 1.10 bits per heavy atom. The van der Waals surface area contributed by atoms with Crippen molar-refractivity contribution in [3.63, 3.8) is 0 Å². The molecular weight excluding hydrogens is 256 g/mol. The molecule has 0 radical (unpaired) electrons. The van der Waals surface area contributed by atoms with Gasteiger partial charge in [-0.05, 0) is 68.5 Å². The maximum atomic E-state index is 3.66. The van der Waals surface area contributed by atoms with Crippen LogP contribution < -0.4 is 5.32 Å². The van der Waals surface area contributed by atoms with Gasteiger partial charge < -0.3 is 10.2 Å². The molecule has 0 bridgehead atoms. The third-order valence-corrected chi connectivity index (χ3v) is 6.22. The summed E-state index contributed by atoms with van der Waals surface area (Å²) in [5, 5.41) is 3.66. The van der Waals surface area contributed by atoms with E-state index in [1.54, 1.807) is 0 Å². The lowest BCUT2D eigenvalue weighted by molar-refractivity contribution is 0.0608. The molecule has 0 aromatic rings. The monoisotopic (exact) mass is 294 g/mol. The van der Waals surface area contributed by atoms with Crippen LogP contribution in [0.5, 0.6) is 0 Å². The van der Waals surface area contributed by atoms with Crippen LogP contribution in [-0.4, -0.2) is 37.6 Å². The summed E-state index contributed by atoms with van der Waals surface area (Å²) in [6.45, 7) is 15.9. The lowest BCUT2D eigenvalue weighted by Crippen LogP contribution is -2.48. The molecule has 0 atom stereocenters. The van der Waals surface area contributed by atoms with Gasteiger partial charge in [0, 0.05) is 13.1 Å². The fourth-order valence-corrected chi connectivity index (χ4v) is 4.41. The van der Waals surface area contributed by atoms with E-state index in [1.807, 2.05) is 0 Å². The van der Waals surface area contributed by atoms with Crippen molar-refractivity contribution in [1.82, 2.24) is 10.2 Å². The van der Waals surface area contributed by atoms with E-state index in [9.17, 15) is 0 Å². The van der Waals surface area contributed by atoms with Gasteiger partial charge in [-0.25, -0.2) is 0 Å². The van der Waals surface area contributed by atoms with E-state index in [2.05, 4.69) is 37.9 Å². The van der Waals surface area contributed by atoms with Crippen LogP contribution in [0.3, 0.4) is 0 Å². The van der Waals surface area contributed by atoms with E-state index in [0.29, 0.717) is 5.41 Å². The third kappa shape index (κ3) is 4.96. The minimum atomic E-state index is 0.563. The normalized spacial score (nSPS) is 32.7. The number of hydrogen-bond acceptors (Lipinski definition) is 2. The lowest BCUT2D eigenvalue weighted by Gasteiger charge is -2.45. The van der Waals surface area contributed by atoms with Crippen molar-refractivity contribution in [3.8, 4) is 0 Å². The number of rotatable bonds is 6. The van der Waals surface area contributed by atoms with Gasteiger partial charge in [0.05, 0.1) is 0 Å². The second-order valence-corrected chi connectivity index (χ2v) is 8.32. The van der Waals surface area contributed by atoms with E-state index >= 15 is 0 Å². The van der Waals surface area contributed by atoms with Gasteiger partial charge in [0.1, 0.15) is 0 Å². The van der Waals surface area contributed by atoms with Crippen LogP contribution in [0.15, 0.2) is 0 Å². The summed E-state index contributed by atoms with van der Waals surface area (Å²) in [7, 11) is 0. The molecule has 1 saturated carbocycles. The van der Waals surface area contributed by atoms with Gasteiger partial charge in [0.2, 0.25) is 0 Å². The fraction of sp³-hybridized carbons (Fsp3) is 1.00. The number of likely N-dealkylation sites (tertiary alicyclic amines) is 1. The molecule has 0 aromatic carbocycles. The van der Waals surface area contributed by atoms with Gasteiger partial charge in [-0.3, -0.25) is 0 Å². The predicted octanol–water partition coefficient (Wildman–Crippen LogP) is 4.16. The molecule has 1 N–H and O–H groups in total. The highest BCUT2D eigenvalue weighted by atomic mass is 15.1. The van der Waals surface area contributed by atoms with Crippen LogP contribution in [0.2, 0.25) is 0 Å². The minimum Gasteiger partial charge on any atom is -0.316 e. The molecule has 2 heteroatoms. The number of hydrogen-bond donors (Lipinski definition) is 1. The molecule has 0 amide bonds. The highest BCUT2D eigenvalue weighted by Crippen LogP contribution is 2.40. The first-order valence-electron chi connectivity index (χ1n) is 9.48. The largest absolute Gasteiger partial charge is 0.316 e. The molecular formula is C19H38N2. The zero-order valence-corrected chi connectivity index (χ0v) is 15.0. The van der Waals surface area contributed by atoms with Crippen molar-refractivity contribution in [2.24, 2.45) is 23.2 Å². The van der Waals surface area contributed by atoms with E-state index in [-0.39, 0.29) is 0 Å². The molecule has 2 fully saturated rings. The van der Waals surface area contributed by atoms with Gasteiger partial charge in [0.15, 0.2) is 0 Å². The van der Waals surface area contributed by atoms with Crippen LogP contribution in [0.1, 0.15) is 66.2 Å². The Labute approximate surface area is 133 Å². The maximum Gasteiger partial charge on any atom is 0.00501 e. The Hall–Kier alpha value is -0.0800. The van der Waals surface area contributed by atoms with E-state index in [4.69, 9.17) is 0 Å². The second-order valence-electron chi connectivity index (χ2n) is 8.32. The fourth-order valence-electron chi connectivity index (χ4n) is 4.41. The summed E-state index contributed by atoms with van der Waals surface area (Å²) >= 11 is 0. The number of nitrogens with zero attached hydrogens (tertiary/aromatic N) is 1. The molecule has 0 aromatic heterocycles. The standard InChI is InChI=1S/C19H38N2/c1-5-20-14-19(10-6-17(4)7-11-19)15-21-12-8-18(9-13-21)16(2)3/h16-18,20H,5-15H2,1-4H3. The molecule has 2 aliphatic rings. The second kappa shape index (κ2) is 7.97. The Morgan fingerprint density at radius 2 is 1.71 bits per heavy atom. The van der Waals surface area contributed by atoms with Crippen LogP contribution in [0, 0.1) is 23.2 Å². The maximum absolute atomic E-state index is 3.66. The molecule has 2 nitrogen and oxygen atoms in total. The first-order chi connectivity index (χ1) is 10.0. The van der Waals surface area contributed by atoms with Gasteiger partial charge >= 0.3 is 0 Å². The van der Waals surface area contributed by atoms with Crippen LogP contribution in [0.4, 0.5) is 0 Å². The molecule has 1 aliphatic carbocycles. The Bertz CT molecular complexity index is 278. The summed E-state index contributed by atoms with van der Waals surface area (Å²) in [6.07, 6.45) is 8.59. The highest BCUT2D eigenvalue weighted by molar-refractivity contribution is 4.90. The molecule has 21 heavy (non-hydrogen) atoms. The zero-order chi connectivity index (χ0) is 15.3. The average Bonchev–Trinajstić information content (AvgIpc) is 2.49. The van der Waals surface area contributed by atoms with Crippen molar-refractivity contribution in [2.45, 2.75) is 66.2 Å². The number of piperidine rings is 1. The van der Waals surface area contributed by atoms with Crippen molar-refractivity contribution in [1.29, 1.82) is 0 Å². The van der Waals surface area contributed by atoms with Gasteiger partial charge in [-0.15, -0.1) is 0 Å². The average molecular weight is 295 g/mol. The van der Waals surface area contributed by atoms with Gasteiger partial charge in [-0.2, -0.15) is 0 Å². The van der Waals surface area contributed by atoms with E-state index in [0.717, 1.165) is 24.3 Å². The summed E-state index contributed by atoms with van der Waals surface area (Å²) in [4.78, 5) is 2.78. The molecule has 0 unspecified atom stereocenters. The Balaban J connectivity index is 1.87. The highest BCUT2D eigenvalue weighted by Gasteiger charge is 2.36. The Kier molecular flexibility index (Phi) is 6.55. The topological polar surface area (TPSA) is 15.3 Å². The van der Waals surface area contributed by atoms with Crippen LogP contribution in [-0.2, 0) is 0 Å². The SMILES string of the molecule is CCNCC1(CN2CCC(C(C)C)CC2)CCC(C)CC1. The van der Waals surface area contributed by atoms with Crippen LogP contribution in [0.25, 0.3) is 0 Å². The van der Waals surface area contributed by atoms with Crippen molar-refractivity contribution in [2.75, 3.05) is 32.7 Å². The molecule has 124 valence electrons. The summed E-state index contributed by atoms with van der Waals surface area (Å²) < 4.78 is 0. The third-order valence-electron chi connectivity index (χ3n) is 6.22. The minimum absolute atomic E-state index is 0.563. The first kappa shape index (κ1) is 17.3. The molecule has 2 rings (SSSR count). The first-order valence-corrected chi connectivity index (χ1v) is 9.48. The van der Waals surface area contributed by atoms with E-state index in [1.165, 1.54) is 64.7 Å². The summed E-state index contributed by atoms with van der Waals surface area (Å²) in [6, 6.07) is 0. The summed E-state index contributed by atoms with van der Waals surface area (Å²) in [5.41, 5.74) is 0.563. The van der Waals surface area contributed by atoms with Crippen molar-refractivity contribution in [3.05, 3.63) is 0 Å². The molecule has 1 heterocycles. The smallest absolute Gasteiger partial charge is 0.00501 e. The quantitative estimate of drug-likeness (QED) is 0.791. The van der Waals surface area contributed by atoms with Crippen molar-refractivity contribution < 1.29 is 0 Å². The summed E-state index contributed by atoms with van der Waals surface area (Å²) in [5.74, 6) is 2.79. The van der Waals surface area contributed by atoms with Gasteiger partial charge in [0.25, 0.3) is 0 Å². The van der Waals surface area contributed by atoms with Gasteiger partial charge in [-0.1, -0.05) is 40.5 Å². The molecule has 1 saturated heterocycles. The van der Waals surface area contributed by atoms with Crippen LogP contribution >= 0.6 is 0 Å². The molecule has 0 spiro atoms. The molecule has 1 aliphatic heterocycles. The number of nitrogens with one attached hydrogen (secondary N) is 1. The lowest BCUT2D eigenvalue weighted by atomic mass is 9.70. The van der Waals surface area contributed by atoms with E-state index < -0.39 is 0 Å². The Morgan fingerprint density at radius 3 is 2.24 bits per heavy atom. The van der Waals surface area contributed by atoms with Crippen molar-refractivity contribution >= 4 is 0 Å². The predicted molar refractivity (Wildman–Crippen MR) is 92.6 cm³/mol. The zero-order valence-electron chi connectivity index (χ0n) is 15.0.